The van der Waals surface area contributed by atoms with E-state index in [1.54, 1.807) is 0 Å². The lowest BCUT2D eigenvalue weighted by molar-refractivity contribution is 0.973. The highest BCUT2D eigenvalue weighted by Crippen LogP contribution is 2.17. The molecule has 0 unspecified atom stereocenters. The minimum absolute atomic E-state index is 0.460. The molecule has 1 atom stereocenters. The standard InChI is InChI=1S/C16H16/c1-14(16-10-6-3-7-11-16)12-13-15-8-4-2-5-9-15/h2-14H,1H3/b13-12-/t14-/m0/s1. The Balaban J connectivity index is 2.08. The molecule has 0 fully saturated rings. The van der Waals surface area contributed by atoms with E-state index in [1.165, 1.54) is 11.1 Å². The molecule has 2 rings (SSSR count). The van der Waals surface area contributed by atoms with E-state index in [4.69, 9.17) is 0 Å². The van der Waals surface area contributed by atoms with Crippen LogP contribution < -0.4 is 0 Å². The highest BCUT2D eigenvalue weighted by atomic mass is 14.0. The summed E-state index contributed by atoms with van der Waals surface area (Å²) in [7, 11) is 0. The van der Waals surface area contributed by atoms with Crippen LogP contribution in [0.15, 0.2) is 66.7 Å². The van der Waals surface area contributed by atoms with Crippen molar-refractivity contribution in [2.75, 3.05) is 0 Å². The van der Waals surface area contributed by atoms with E-state index in [0.29, 0.717) is 5.92 Å². The lowest BCUT2D eigenvalue weighted by atomic mass is 10.00. The van der Waals surface area contributed by atoms with Crippen molar-refractivity contribution >= 4 is 6.08 Å². The van der Waals surface area contributed by atoms with Gasteiger partial charge in [-0.15, -0.1) is 0 Å². The summed E-state index contributed by atoms with van der Waals surface area (Å²) in [6, 6.07) is 21.0. The number of benzene rings is 2. The van der Waals surface area contributed by atoms with Gasteiger partial charge in [0.2, 0.25) is 0 Å². The molecule has 0 bridgehead atoms. The van der Waals surface area contributed by atoms with E-state index in [-0.39, 0.29) is 0 Å². The van der Waals surface area contributed by atoms with Gasteiger partial charge < -0.3 is 0 Å². The second kappa shape index (κ2) is 5.32. The molecular weight excluding hydrogens is 192 g/mol. The van der Waals surface area contributed by atoms with Crippen molar-refractivity contribution in [2.24, 2.45) is 0 Å². The monoisotopic (exact) mass is 208 g/mol. The van der Waals surface area contributed by atoms with Gasteiger partial charge in [-0.25, -0.2) is 0 Å². The first kappa shape index (κ1) is 10.7. The third kappa shape index (κ3) is 2.83. The maximum absolute atomic E-state index is 2.24. The molecule has 16 heavy (non-hydrogen) atoms. The molecule has 0 heterocycles. The third-order valence-electron chi connectivity index (χ3n) is 2.70. The number of allylic oxidation sites excluding steroid dienone is 1. The maximum Gasteiger partial charge on any atom is -0.000711 e. The van der Waals surface area contributed by atoms with Gasteiger partial charge in [0.25, 0.3) is 0 Å². The van der Waals surface area contributed by atoms with Gasteiger partial charge >= 0.3 is 0 Å². The van der Waals surface area contributed by atoms with Crippen LogP contribution in [-0.4, -0.2) is 0 Å². The second-order valence-electron chi connectivity index (χ2n) is 3.97. The van der Waals surface area contributed by atoms with Gasteiger partial charge in [-0.2, -0.15) is 0 Å². The molecule has 0 spiro atoms. The molecule has 0 saturated heterocycles. The van der Waals surface area contributed by atoms with Crippen molar-refractivity contribution in [3.05, 3.63) is 77.9 Å². The van der Waals surface area contributed by atoms with Crippen molar-refractivity contribution in [3.8, 4) is 0 Å². The molecule has 0 N–H and O–H groups in total. The molecule has 2 aromatic rings. The minimum atomic E-state index is 0.460. The lowest BCUT2D eigenvalue weighted by Crippen LogP contribution is -1.87. The maximum atomic E-state index is 2.24. The summed E-state index contributed by atoms with van der Waals surface area (Å²) >= 11 is 0. The van der Waals surface area contributed by atoms with E-state index in [9.17, 15) is 0 Å². The van der Waals surface area contributed by atoms with Crippen molar-refractivity contribution in [2.45, 2.75) is 12.8 Å². The van der Waals surface area contributed by atoms with Crippen LogP contribution in [-0.2, 0) is 0 Å². The average Bonchev–Trinajstić information content (AvgIpc) is 2.38. The second-order valence-corrected chi connectivity index (χ2v) is 3.97. The Hall–Kier alpha value is -1.82. The minimum Gasteiger partial charge on any atom is -0.0767 e. The van der Waals surface area contributed by atoms with Crippen LogP contribution in [0.1, 0.15) is 24.0 Å². The zero-order valence-corrected chi connectivity index (χ0v) is 9.51. The van der Waals surface area contributed by atoms with E-state index >= 15 is 0 Å². The summed E-state index contributed by atoms with van der Waals surface area (Å²) in [6.45, 7) is 2.22. The SMILES string of the molecule is C[C@@H](/C=C\c1ccccc1)c1ccccc1. The van der Waals surface area contributed by atoms with Gasteiger partial charge in [-0.1, -0.05) is 79.7 Å². The first-order valence-electron chi connectivity index (χ1n) is 5.64. The van der Waals surface area contributed by atoms with E-state index in [0.717, 1.165) is 0 Å². The Bertz CT molecular complexity index is 440. The highest BCUT2D eigenvalue weighted by molar-refractivity contribution is 5.50. The molecule has 0 aliphatic carbocycles. The Morgan fingerprint density at radius 1 is 0.812 bits per heavy atom. The summed E-state index contributed by atoms with van der Waals surface area (Å²) in [5, 5.41) is 0. The van der Waals surface area contributed by atoms with Crippen molar-refractivity contribution < 1.29 is 0 Å². The molecular formula is C16H16. The molecule has 0 amide bonds. The van der Waals surface area contributed by atoms with Gasteiger partial charge in [0.05, 0.1) is 0 Å². The third-order valence-corrected chi connectivity index (χ3v) is 2.70. The quantitative estimate of drug-likeness (QED) is 0.696. The van der Waals surface area contributed by atoms with Crippen LogP contribution in [0.2, 0.25) is 0 Å². The fraction of sp³-hybridized carbons (Fsp3) is 0.125. The summed E-state index contributed by atoms with van der Waals surface area (Å²) < 4.78 is 0. The van der Waals surface area contributed by atoms with E-state index < -0.39 is 0 Å². The topological polar surface area (TPSA) is 0 Å². The molecule has 0 radical (unpaired) electrons. The first-order chi connectivity index (χ1) is 7.86. The Morgan fingerprint density at radius 3 is 2.00 bits per heavy atom. The highest BCUT2D eigenvalue weighted by Gasteiger charge is 1.98. The lowest BCUT2D eigenvalue weighted by Gasteiger charge is -2.05. The average molecular weight is 208 g/mol. The predicted molar refractivity (Wildman–Crippen MR) is 70.3 cm³/mol. The van der Waals surface area contributed by atoms with Crippen LogP contribution in [0.4, 0.5) is 0 Å². The fourth-order valence-corrected chi connectivity index (χ4v) is 1.69. The van der Waals surface area contributed by atoms with Gasteiger partial charge in [0.15, 0.2) is 0 Å². The normalized spacial score (nSPS) is 12.8. The van der Waals surface area contributed by atoms with Crippen LogP contribution in [0, 0.1) is 0 Å². The van der Waals surface area contributed by atoms with Crippen molar-refractivity contribution in [1.82, 2.24) is 0 Å². The first-order valence-corrected chi connectivity index (χ1v) is 5.64. The van der Waals surface area contributed by atoms with Gasteiger partial charge in [-0.05, 0) is 17.0 Å². The van der Waals surface area contributed by atoms with Crippen molar-refractivity contribution in [3.63, 3.8) is 0 Å². The largest absolute Gasteiger partial charge is 0.0767 e. The molecule has 0 aromatic heterocycles. The molecule has 0 saturated carbocycles. The number of rotatable bonds is 3. The Kier molecular flexibility index (Phi) is 3.55. The van der Waals surface area contributed by atoms with Gasteiger partial charge in [0.1, 0.15) is 0 Å². The molecule has 0 heteroatoms. The smallest absolute Gasteiger partial charge is 0.000711 e. The molecule has 0 aliphatic heterocycles. The van der Waals surface area contributed by atoms with Gasteiger partial charge in [0, 0.05) is 0 Å². The zero-order chi connectivity index (χ0) is 11.2. The molecule has 80 valence electrons. The van der Waals surface area contributed by atoms with Crippen molar-refractivity contribution in [1.29, 1.82) is 0 Å². The number of hydrogen-bond acceptors (Lipinski definition) is 0. The zero-order valence-electron chi connectivity index (χ0n) is 9.51. The summed E-state index contributed by atoms with van der Waals surface area (Å²) in [5.41, 5.74) is 2.61. The summed E-state index contributed by atoms with van der Waals surface area (Å²) in [4.78, 5) is 0. The van der Waals surface area contributed by atoms with Gasteiger partial charge in [-0.3, -0.25) is 0 Å². The van der Waals surface area contributed by atoms with E-state index in [2.05, 4.69) is 73.7 Å². The molecule has 0 aliphatic rings. The van der Waals surface area contributed by atoms with Crippen LogP contribution in [0.25, 0.3) is 6.08 Å². The molecule has 0 nitrogen and oxygen atoms in total. The van der Waals surface area contributed by atoms with Crippen LogP contribution in [0.5, 0.6) is 0 Å². The van der Waals surface area contributed by atoms with E-state index in [1.807, 2.05) is 6.07 Å². The fourth-order valence-electron chi connectivity index (χ4n) is 1.69. The van der Waals surface area contributed by atoms with Crippen LogP contribution >= 0.6 is 0 Å². The Morgan fingerprint density at radius 2 is 1.38 bits per heavy atom. The van der Waals surface area contributed by atoms with Crippen LogP contribution in [0.3, 0.4) is 0 Å². The predicted octanol–water partition coefficient (Wildman–Crippen LogP) is 4.50. The Labute approximate surface area is 97.3 Å². The summed E-state index contributed by atoms with van der Waals surface area (Å²) in [6.07, 6.45) is 4.42. The number of hydrogen-bond donors (Lipinski definition) is 0. The summed E-state index contributed by atoms with van der Waals surface area (Å²) in [5.74, 6) is 0.460. The molecule has 2 aromatic carbocycles.